The maximum atomic E-state index is 12.7. The number of hydrogen-bond acceptors (Lipinski definition) is 3. The van der Waals surface area contributed by atoms with E-state index >= 15 is 0 Å². The molecule has 0 aliphatic heterocycles. The highest BCUT2D eigenvalue weighted by Gasteiger charge is 2.22. The lowest BCUT2D eigenvalue weighted by atomic mass is 10.2. The second-order valence-electron chi connectivity index (χ2n) is 4.93. The molecule has 0 aromatic heterocycles. The molecule has 0 aliphatic carbocycles. The summed E-state index contributed by atoms with van der Waals surface area (Å²) in [7, 11) is -0.0930. The first-order valence-electron chi connectivity index (χ1n) is 6.75. The number of sulfonamides is 1. The first-order chi connectivity index (χ1) is 9.96. The lowest BCUT2D eigenvalue weighted by Gasteiger charge is -2.21. The van der Waals surface area contributed by atoms with Gasteiger partial charge in [0, 0.05) is 13.6 Å². The Morgan fingerprint density at radius 2 is 1.67 bits per heavy atom. The first-order valence-corrected chi connectivity index (χ1v) is 8.19. The van der Waals surface area contributed by atoms with Gasteiger partial charge >= 0.3 is 0 Å². The van der Waals surface area contributed by atoms with E-state index in [1.165, 1.54) is 4.31 Å². The molecule has 0 radical (unpaired) electrons. The summed E-state index contributed by atoms with van der Waals surface area (Å²) >= 11 is 0. The van der Waals surface area contributed by atoms with Crippen molar-refractivity contribution in [1.82, 2.24) is 5.32 Å². The van der Waals surface area contributed by atoms with Crippen LogP contribution in [0, 0.1) is 6.92 Å². The predicted octanol–water partition coefficient (Wildman–Crippen LogP) is 2.54. The Morgan fingerprint density at radius 1 is 1.05 bits per heavy atom. The smallest absolute Gasteiger partial charge is 0.264 e. The van der Waals surface area contributed by atoms with E-state index in [2.05, 4.69) is 5.32 Å². The van der Waals surface area contributed by atoms with Crippen LogP contribution in [0.25, 0.3) is 0 Å². The molecule has 0 spiro atoms. The van der Waals surface area contributed by atoms with Gasteiger partial charge in [-0.3, -0.25) is 4.31 Å². The van der Waals surface area contributed by atoms with Crippen LogP contribution in [0.5, 0.6) is 0 Å². The van der Waals surface area contributed by atoms with Gasteiger partial charge in [-0.1, -0.05) is 30.3 Å². The van der Waals surface area contributed by atoms with E-state index in [0.29, 0.717) is 17.1 Å². The van der Waals surface area contributed by atoms with Crippen molar-refractivity contribution in [2.45, 2.75) is 18.4 Å². The lowest BCUT2D eigenvalue weighted by Crippen LogP contribution is -2.27. The van der Waals surface area contributed by atoms with Crippen LogP contribution in [0.1, 0.15) is 11.1 Å². The number of para-hydroxylation sites is 1. The Bertz CT molecular complexity index is 709. The van der Waals surface area contributed by atoms with Crippen molar-refractivity contribution in [1.29, 1.82) is 0 Å². The van der Waals surface area contributed by atoms with Crippen LogP contribution in [-0.4, -0.2) is 22.5 Å². The van der Waals surface area contributed by atoms with Crippen molar-refractivity contribution < 1.29 is 8.42 Å². The summed E-state index contributed by atoms with van der Waals surface area (Å²) in [5.41, 5.74) is 2.67. The molecule has 0 unspecified atom stereocenters. The molecule has 2 aromatic rings. The minimum atomic E-state index is -3.53. The third kappa shape index (κ3) is 3.25. The fourth-order valence-corrected chi connectivity index (χ4v) is 3.45. The van der Waals surface area contributed by atoms with E-state index in [1.54, 1.807) is 19.2 Å². The van der Waals surface area contributed by atoms with Crippen LogP contribution in [0.4, 0.5) is 5.69 Å². The molecule has 5 heteroatoms. The Balaban J connectivity index is 2.35. The number of benzene rings is 2. The van der Waals surface area contributed by atoms with Gasteiger partial charge in [-0.2, -0.15) is 0 Å². The fourth-order valence-electron chi connectivity index (χ4n) is 2.19. The van der Waals surface area contributed by atoms with Crippen molar-refractivity contribution >= 4 is 15.7 Å². The van der Waals surface area contributed by atoms with Gasteiger partial charge in [0.2, 0.25) is 0 Å². The molecular weight excluding hydrogens is 284 g/mol. The molecule has 0 amide bonds. The van der Waals surface area contributed by atoms with Crippen LogP contribution < -0.4 is 9.62 Å². The normalized spacial score (nSPS) is 11.4. The number of rotatable bonds is 5. The maximum absolute atomic E-state index is 12.7. The zero-order valence-corrected chi connectivity index (χ0v) is 13.3. The molecule has 0 saturated heterocycles. The average molecular weight is 304 g/mol. The van der Waals surface area contributed by atoms with Crippen molar-refractivity contribution in [3.05, 3.63) is 59.7 Å². The number of nitrogens with one attached hydrogen (secondary N) is 1. The van der Waals surface area contributed by atoms with Crippen LogP contribution in [0.3, 0.4) is 0 Å². The van der Waals surface area contributed by atoms with Crippen LogP contribution >= 0.6 is 0 Å². The number of hydrogen-bond donors (Lipinski definition) is 1. The van der Waals surface area contributed by atoms with E-state index in [1.807, 2.05) is 50.4 Å². The van der Waals surface area contributed by atoms with Gasteiger partial charge in [0.25, 0.3) is 10.0 Å². The molecular formula is C16H20N2O2S. The quantitative estimate of drug-likeness (QED) is 0.923. The Labute approximate surface area is 126 Å². The van der Waals surface area contributed by atoms with Crippen molar-refractivity contribution in [3.63, 3.8) is 0 Å². The lowest BCUT2D eigenvalue weighted by molar-refractivity contribution is 0.594. The third-order valence-corrected chi connectivity index (χ3v) is 5.20. The van der Waals surface area contributed by atoms with Gasteiger partial charge in [-0.15, -0.1) is 0 Å². The van der Waals surface area contributed by atoms with Gasteiger partial charge in [-0.05, 0) is 43.3 Å². The highest BCUT2D eigenvalue weighted by atomic mass is 32.2. The van der Waals surface area contributed by atoms with Crippen molar-refractivity contribution in [2.75, 3.05) is 18.4 Å². The molecule has 21 heavy (non-hydrogen) atoms. The summed E-state index contributed by atoms with van der Waals surface area (Å²) in [6, 6.07) is 14.4. The summed E-state index contributed by atoms with van der Waals surface area (Å²) in [5.74, 6) is 0. The highest BCUT2D eigenvalue weighted by molar-refractivity contribution is 7.92. The van der Waals surface area contributed by atoms with Gasteiger partial charge in [0.15, 0.2) is 0 Å². The van der Waals surface area contributed by atoms with Gasteiger partial charge < -0.3 is 5.32 Å². The standard InChI is InChI=1S/C16H20N2O2S/c1-13-6-4-5-7-16(13)18(3)21(19,20)15-10-8-14(9-11-15)12-17-2/h4-11,17H,12H2,1-3H3. The minimum Gasteiger partial charge on any atom is -0.316 e. The zero-order chi connectivity index (χ0) is 15.5. The second-order valence-corrected chi connectivity index (χ2v) is 6.90. The third-order valence-electron chi connectivity index (χ3n) is 3.42. The summed E-state index contributed by atoms with van der Waals surface area (Å²) in [6.45, 7) is 2.62. The van der Waals surface area contributed by atoms with E-state index in [-0.39, 0.29) is 0 Å². The molecule has 0 aliphatic rings. The van der Waals surface area contributed by atoms with Crippen molar-refractivity contribution in [3.8, 4) is 0 Å². The molecule has 112 valence electrons. The molecule has 4 nitrogen and oxygen atoms in total. The van der Waals surface area contributed by atoms with Crippen LogP contribution in [-0.2, 0) is 16.6 Å². The molecule has 2 rings (SSSR count). The molecule has 0 saturated carbocycles. The van der Waals surface area contributed by atoms with Gasteiger partial charge in [-0.25, -0.2) is 8.42 Å². The summed E-state index contributed by atoms with van der Waals surface area (Å²) in [4.78, 5) is 0.299. The molecule has 2 aromatic carbocycles. The summed E-state index contributed by atoms with van der Waals surface area (Å²) in [5, 5.41) is 3.04. The molecule has 0 bridgehead atoms. The Morgan fingerprint density at radius 3 is 2.24 bits per heavy atom. The topological polar surface area (TPSA) is 49.4 Å². The van der Waals surface area contributed by atoms with Crippen molar-refractivity contribution in [2.24, 2.45) is 0 Å². The van der Waals surface area contributed by atoms with Gasteiger partial charge in [0.05, 0.1) is 10.6 Å². The maximum Gasteiger partial charge on any atom is 0.264 e. The number of anilines is 1. The minimum absolute atomic E-state index is 0.299. The van der Waals surface area contributed by atoms with Gasteiger partial charge in [0.1, 0.15) is 0 Å². The van der Waals surface area contributed by atoms with E-state index < -0.39 is 10.0 Å². The van der Waals surface area contributed by atoms with Crippen LogP contribution in [0.15, 0.2) is 53.4 Å². The molecule has 0 fully saturated rings. The molecule has 1 N–H and O–H groups in total. The SMILES string of the molecule is CNCc1ccc(S(=O)(=O)N(C)c2ccccc2C)cc1. The van der Waals surface area contributed by atoms with E-state index in [9.17, 15) is 8.42 Å². The molecule has 0 heterocycles. The van der Waals surface area contributed by atoms with E-state index in [0.717, 1.165) is 11.1 Å². The second kappa shape index (κ2) is 6.28. The number of aryl methyl sites for hydroxylation is 1. The highest BCUT2D eigenvalue weighted by Crippen LogP contribution is 2.25. The Kier molecular flexibility index (Phi) is 4.65. The molecule has 0 atom stereocenters. The van der Waals surface area contributed by atoms with E-state index in [4.69, 9.17) is 0 Å². The number of nitrogens with zero attached hydrogens (tertiary/aromatic N) is 1. The summed E-state index contributed by atoms with van der Waals surface area (Å²) < 4.78 is 26.7. The van der Waals surface area contributed by atoms with Crippen LogP contribution in [0.2, 0.25) is 0 Å². The average Bonchev–Trinajstić information content (AvgIpc) is 2.48. The monoisotopic (exact) mass is 304 g/mol. The first kappa shape index (κ1) is 15.5. The summed E-state index contributed by atoms with van der Waals surface area (Å²) in [6.07, 6.45) is 0. The fraction of sp³-hybridized carbons (Fsp3) is 0.250. The predicted molar refractivity (Wildman–Crippen MR) is 86.0 cm³/mol. The zero-order valence-electron chi connectivity index (χ0n) is 12.5. The Hall–Kier alpha value is -1.85. The largest absolute Gasteiger partial charge is 0.316 e.